The molecule has 1 spiro atoms. The molecule has 31 heavy (non-hydrogen) atoms. The number of piperidine rings is 1. The molecule has 4 heterocycles. The third-order valence-corrected chi connectivity index (χ3v) is 7.48. The van der Waals surface area contributed by atoms with Crippen molar-refractivity contribution >= 4 is 22.8 Å². The fraction of sp³-hybridized carbons (Fsp3) is 0.609. The number of carbonyl (C=O) groups excluding carboxylic acids is 2. The van der Waals surface area contributed by atoms with Crippen LogP contribution in [0.25, 0.3) is 11.0 Å². The van der Waals surface area contributed by atoms with Crippen molar-refractivity contribution in [2.24, 2.45) is 11.3 Å². The van der Waals surface area contributed by atoms with Gasteiger partial charge in [0.1, 0.15) is 0 Å². The molecule has 0 radical (unpaired) electrons. The zero-order chi connectivity index (χ0) is 21.4. The lowest BCUT2D eigenvalue weighted by molar-refractivity contribution is -0.134. The first-order valence-corrected chi connectivity index (χ1v) is 11.3. The first-order valence-electron chi connectivity index (χ1n) is 11.3. The van der Waals surface area contributed by atoms with Crippen LogP contribution < -0.4 is 5.32 Å². The fourth-order valence-corrected chi connectivity index (χ4v) is 5.13. The average molecular weight is 426 g/mol. The molecule has 8 nitrogen and oxygen atoms in total. The van der Waals surface area contributed by atoms with E-state index in [1.54, 1.807) is 18.5 Å². The van der Waals surface area contributed by atoms with E-state index < -0.39 is 0 Å². The van der Waals surface area contributed by atoms with Gasteiger partial charge in [-0.1, -0.05) is 0 Å². The highest BCUT2D eigenvalue weighted by atomic mass is 16.3. The fourth-order valence-electron chi connectivity index (χ4n) is 5.13. The molecule has 3 fully saturated rings. The minimum absolute atomic E-state index is 0.168. The van der Waals surface area contributed by atoms with Crippen molar-refractivity contribution < 1.29 is 14.0 Å². The molecule has 5 rings (SSSR count). The maximum Gasteiger partial charge on any atom is 0.287 e. The second-order valence-corrected chi connectivity index (χ2v) is 9.46. The molecule has 2 saturated heterocycles. The summed E-state index contributed by atoms with van der Waals surface area (Å²) in [4.78, 5) is 35.8. The Labute approximate surface area is 182 Å². The van der Waals surface area contributed by atoms with Crippen LogP contribution >= 0.6 is 0 Å². The molecule has 0 bridgehead atoms. The zero-order valence-electron chi connectivity index (χ0n) is 18.2. The number of nitrogens with zero attached hydrogens (tertiary/aromatic N) is 4. The molecule has 1 aliphatic carbocycles. The number of hydrogen-bond donors (Lipinski definition) is 1. The molecule has 2 amide bonds. The monoisotopic (exact) mass is 425 g/mol. The van der Waals surface area contributed by atoms with Gasteiger partial charge in [-0.2, -0.15) is 0 Å². The van der Waals surface area contributed by atoms with E-state index in [1.165, 1.54) is 0 Å². The Balaban J connectivity index is 1.06. The van der Waals surface area contributed by atoms with Gasteiger partial charge < -0.3 is 19.5 Å². The molecule has 166 valence electrons. The van der Waals surface area contributed by atoms with Gasteiger partial charge in [0.25, 0.3) is 5.91 Å². The van der Waals surface area contributed by atoms with Crippen molar-refractivity contribution in [3.8, 4) is 0 Å². The Morgan fingerprint density at radius 2 is 1.97 bits per heavy atom. The van der Waals surface area contributed by atoms with E-state index in [9.17, 15) is 9.59 Å². The number of likely N-dealkylation sites (tertiary alicyclic amines) is 1. The standard InChI is InChI=1S/C23H31N5O3/c1-26-8-10-27(11-9-26)16-21(29)28-6-3-23(4-7-28)13-18(23)14-25-22(30)19-12-17-2-5-24-15-20(17)31-19/h2,5,12,15,18H,3-4,6-11,13-14,16H2,1H3,(H,25,30). The molecule has 1 atom stereocenters. The predicted molar refractivity (Wildman–Crippen MR) is 117 cm³/mol. The van der Waals surface area contributed by atoms with Crippen LogP contribution in [0.1, 0.15) is 29.8 Å². The van der Waals surface area contributed by atoms with Crippen LogP contribution in [-0.4, -0.2) is 90.9 Å². The lowest BCUT2D eigenvalue weighted by Crippen LogP contribution is -2.50. The number of amides is 2. The summed E-state index contributed by atoms with van der Waals surface area (Å²) in [6.07, 6.45) is 6.53. The third kappa shape index (κ3) is 4.32. The SMILES string of the molecule is CN1CCN(CC(=O)N2CCC3(CC2)CC3CNC(=O)c2cc3ccncc3o2)CC1. The maximum absolute atomic E-state index is 12.7. The minimum Gasteiger partial charge on any atom is -0.449 e. The first-order chi connectivity index (χ1) is 15.0. The second kappa shape index (κ2) is 8.24. The summed E-state index contributed by atoms with van der Waals surface area (Å²) in [5, 5.41) is 3.93. The van der Waals surface area contributed by atoms with Crippen LogP contribution in [0.15, 0.2) is 28.9 Å². The minimum atomic E-state index is -0.168. The number of fused-ring (bicyclic) bond motifs is 1. The number of nitrogens with one attached hydrogen (secondary N) is 1. The van der Waals surface area contributed by atoms with Gasteiger partial charge in [-0.15, -0.1) is 0 Å². The molecule has 1 saturated carbocycles. The smallest absolute Gasteiger partial charge is 0.287 e. The number of hydrogen-bond acceptors (Lipinski definition) is 6. The topological polar surface area (TPSA) is 81.9 Å². The molecular weight excluding hydrogens is 394 g/mol. The van der Waals surface area contributed by atoms with E-state index in [0.717, 1.165) is 63.9 Å². The van der Waals surface area contributed by atoms with Crippen LogP contribution in [0.2, 0.25) is 0 Å². The molecule has 2 aliphatic heterocycles. The predicted octanol–water partition coefficient (Wildman–Crippen LogP) is 1.43. The highest BCUT2D eigenvalue weighted by molar-refractivity contribution is 5.95. The number of rotatable bonds is 5. The third-order valence-electron chi connectivity index (χ3n) is 7.48. The Hall–Kier alpha value is -2.45. The number of furan rings is 1. The molecular formula is C23H31N5O3. The Morgan fingerprint density at radius 1 is 1.19 bits per heavy atom. The van der Waals surface area contributed by atoms with Crippen molar-refractivity contribution in [3.05, 3.63) is 30.3 Å². The molecule has 1 unspecified atom stereocenters. The van der Waals surface area contributed by atoms with Gasteiger partial charge in [-0.3, -0.25) is 19.5 Å². The zero-order valence-corrected chi connectivity index (χ0v) is 18.2. The van der Waals surface area contributed by atoms with Gasteiger partial charge in [0.2, 0.25) is 5.91 Å². The molecule has 8 heteroatoms. The lowest BCUT2D eigenvalue weighted by Gasteiger charge is -2.36. The number of aromatic nitrogens is 1. The van der Waals surface area contributed by atoms with Crippen molar-refractivity contribution in [2.75, 3.05) is 59.4 Å². The second-order valence-electron chi connectivity index (χ2n) is 9.46. The normalized spacial score (nSPS) is 23.9. The number of pyridine rings is 1. The van der Waals surface area contributed by atoms with Gasteiger partial charge in [0, 0.05) is 57.4 Å². The van der Waals surface area contributed by atoms with E-state index in [1.807, 2.05) is 11.0 Å². The van der Waals surface area contributed by atoms with Crippen LogP contribution in [0, 0.1) is 11.3 Å². The molecule has 2 aromatic rings. The van der Waals surface area contributed by atoms with Crippen LogP contribution in [0.5, 0.6) is 0 Å². The van der Waals surface area contributed by atoms with Crippen molar-refractivity contribution in [1.82, 2.24) is 25.0 Å². The number of piperazine rings is 1. The van der Waals surface area contributed by atoms with Crippen LogP contribution in [0.4, 0.5) is 0 Å². The van der Waals surface area contributed by atoms with Crippen molar-refractivity contribution in [3.63, 3.8) is 0 Å². The van der Waals surface area contributed by atoms with Gasteiger partial charge in [0.05, 0.1) is 12.7 Å². The van der Waals surface area contributed by atoms with Gasteiger partial charge in [0.15, 0.2) is 11.3 Å². The quantitative estimate of drug-likeness (QED) is 0.781. The number of carbonyl (C=O) groups is 2. The van der Waals surface area contributed by atoms with Gasteiger partial charge >= 0.3 is 0 Å². The Bertz CT molecular complexity index is 924. The van der Waals surface area contributed by atoms with Gasteiger partial charge in [-0.05, 0) is 49.8 Å². The average Bonchev–Trinajstić information content (AvgIpc) is 3.25. The molecule has 2 aromatic heterocycles. The summed E-state index contributed by atoms with van der Waals surface area (Å²) in [5.41, 5.74) is 0.930. The van der Waals surface area contributed by atoms with E-state index in [-0.39, 0.29) is 11.8 Å². The lowest BCUT2D eigenvalue weighted by atomic mass is 9.90. The Morgan fingerprint density at radius 3 is 2.71 bits per heavy atom. The van der Waals surface area contributed by atoms with E-state index in [0.29, 0.717) is 35.8 Å². The highest BCUT2D eigenvalue weighted by Crippen LogP contribution is 2.59. The summed E-state index contributed by atoms with van der Waals surface area (Å²) in [6, 6.07) is 3.60. The largest absolute Gasteiger partial charge is 0.449 e. The number of likely N-dealkylation sites (N-methyl/N-ethyl adjacent to an activating group) is 1. The van der Waals surface area contributed by atoms with Gasteiger partial charge in [-0.25, -0.2) is 0 Å². The summed E-state index contributed by atoms with van der Waals surface area (Å²) in [5.74, 6) is 0.932. The molecule has 1 N–H and O–H groups in total. The van der Waals surface area contributed by atoms with Crippen LogP contribution in [0.3, 0.4) is 0 Å². The van der Waals surface area contributed by atoms with E-state index in [2.05, 4.69) is 27.1 Å². The van der Waals surface area contributed by atoms with Crippen LogP contribution in [-0.2, 0) is 4.79 Å². The summed E-state index contributed by atoms with van der Waals surface area (Å²) >= 11 is 0. The van der Waals surface area contributed by atoms with E-state index >= 15 is 0 Å². The molecule has 0 aromatic carbocycles. The summed E-state index contributed by atoms with van der Waals surface area (Å²) < 4.78 is 5.60. The van der Waals surface area contributed by atoms with Crippen molar-refractivity contribution in [1.29, 1.82) is 0 Å². The summed E-state index contributed by atoms with van der Waals surface area (Å²) in [6.45, 7) is 6.92. The van der Waals surface area contributed by atoms with Crippen molar-refractivity contribution in [2.45, 2.75) is 19.3 Å². The van der Waals surface area contributed by atoms with E-state index in [4.69, 9.17) is 4.42 Å². The Kier molecular flexibility index (Phi) is 5.44. The first kappa shape index (κ1) is 20.5. The molecule has 3 aliphatic rings. The maximum atomic E-state index is 12.7. The highest BCUT2D eigenvalue weighted by Gasteiger charge is 2.54. The summed E-state index contributed by atoms with van der Waals surface area (Å²) in [7, 11) is 2.13.